The molecule has 0 aromatic carbocycles. The van der Waals surface area contributed by atoms with Crippen molar-refractivity contribution in [3.05, 3.63) is 0 Å². The molecule has 0 atom stereocenters. The number of hydrogen-bond donors (Lipinski definition) is 1. The molecular formula is C17H27NOS. The molecule has 5 rings (SSSR count). The SMILES string of the molecule is O=C(CSCCC12CC3CC(CC(C3)C1)C2)NC1CC1. The zero-order valence-electron chi connectivity index (χ0n) is 12.4. The van der Waals surface area contributed by atoms with Crippen LogP contribution in [0.15, 0.2) is 0 Å². The highest BCUT2D eigenvalue weighted by molar-refractivity contribution is 7.99. The molecule has 0 heterocycles. The van der Waals surface area contributed by atoms with E-state index >= 15 is 0 Å². The van der Waals surface area contributed by atoms with Gasteiger partial charge in [-0.15, -0.1) is 0 Å². The molecule has 1 amide bonds. The van der Waals surface area contributed by atoms with Gasteiger partial charge < -0.3 is 5.32 Å². The average molecular weight is 293 g/mol. The molecule has 0 radical (unpaired) electrons. The molecular weight excluding hydrogens is 266 g/mol. The fraction of sp³-hybridized carbons (Fsp3) is 0.941. The van der Waals surface area contributed by atoms with E-state index in [9.17, 15) is 4.79 Å². The molecule has 3 heteroatoms. The molecule has 0 aromatic heterocycles. The standard InChI is InChI=1S/C17H27NOS/c19-16(18-15-1-2-15)11-20-4-3-17-8-12-5-13(9-17)7-14(6-12)10-17/h12-15H,1-11H2,(H,18,19). The van der Waals surface area contributed by atoms with Crippen molar-refractivity contribution >= 4 is 17.7 Å². The molecule has 0 saturated heterocycles. The summed E-state index contributed by atoms with van der Waals surface area (Å²) >= 11 is 1.87. The second-order valence-corrected chi connectivity index (χ2v) is 9.17. The van der Waals surface area contributed by atoms with E-state index in [-0.39, 0.29) is 5.91 Å². The lowest BCUT2D eigenvalue weighted by Gasteiger charge is -2.57. The first-order valence-corrected chi connectivity index (χ1v) is 9.73. The fourth-order valence-electron chi connectivity index (χ4n) is 5.55. The molecule has 5 aliphatic rings. The maximum atomic E-state index is 11.7. The summed E-state index contributed by atoms with van der Waals surface area (Å²) < 4.78 is 0. The molecule has 1 N–H and O–H groups in total. The highest BCUT2D eigenvalue weighted by atomic mass is 32.2. The van der Waals surface area contributed by atoms with Gasteiger partial charge >= 0.3 is 0 Å². The third-order valence-electron chi connectivity index (χ3n) is 6.12. The molecule has 0 aliphatic heterocycles. The number of carbonyl (C=O) groups excluding carboxylic acids is 1. The van der Waals surface area contributed by atoms with Crippen LogP contribution in [0.3, 0.4) is 0 Å². The predicted octanol–water partition coefficient (Wildman–Crippen LogP) is 3.60. The Morgan fingerprint density at radius 1 is 1.05 bits per heavy atom. The maximum Gasteiger partial charge on any atom is 0.230 e. The Labute approximate surface area is 126 Å². The van der Waals surface area contributed by atoms with Crippen molar-refractivity contribution < 1.29 is 4.79 Å². The van der Waals surface area contributed by atoms with Gasteiger partial charge in [0.15, 0.2) is 0 Å². The van der Waals surface area contributed by atoms with Crippen LogP contribution in [-0.4, -0.2) is 23.5 Å². The largest absolute Gasteiger partial charge is 0.353 e. The van der Waals surface area contributed by atoms with Gasteiger partial charge in [-0.2, -0.15) is 11.8 Å². The van der Waals surface area contributed by atoms with Crippen LogP contribution >= 0.6 is 11.8 Å². The van der Waals surface area contributed by atoms with E-state index in [4.69, 9.17) is 0 Å². The molecule has 0 unspecified atom stereocenters. The Hall–Kier alpha value is -0.180. The van der Waals surface area contributed by atoms with Crippen LogP contribution < -0.4 is 5.32 Å². The first-order chi connectivity index (χ1) is 9.71. The van der Waals surface area contributed by atoms with Gasteiger partial charge in [-0.05, 0) is 86.7 Å². The lowest BCUT2D eigenvalue weighted by molar-refractivity contribution is -0.118. The third kappa shape index (κ3) is 2.88. The first-order valence-electron chi connectivity index (χ1n) is 8.58. The van der Waals surface area contributed by atoms with Gasteiger partial charge in [0.2, 0.25) is 5.91 Å². The molecule has 0 spiro atoms. The average Bonchev–Trinajstić information content (AvgIpc) is 3.17. The van der Waals surface area contributed by atoms with Crippen molar-refractivity contribution in [3.63, 3.8) is 0 Å². The van der Waals surface area contributed by atoms with Crippen LogP contribution in [-0.2, 0) is 4.79 Å². The van der Waals surface area contributed by atoms with Crippen molar-refractivity contribution in [2.75, 3.05) is 11.5 Å². The highest BCUT2D eigenvalue weighted by Crippen LogP contribution is 2.61. The van der Waals surface area contributed by atoms with Crippen LogP contribution in [0.4, 0.5) is 0 Å². The Balaban J connectivity index is 1.22. The number of carbonyl (C=O) groups is 1. The summed E-state index contributed by atoms with van der Waals surface area (Å²) in [5, 5.41) is 3.09. The Kier molecular flexibility index (Phi) is 3.52. The van der Waals surface area contributed by atoms with E-state index in [1.54, 1.807) is 0 Å². The summed E-state index contributed by atoms with van der Waals surface area (Å²) in [6.45, 7) is 0. The lowest BCUT2D eigenvalue weighted by Crippen LogP contribution is -2.46. The number of thioether (sulfide) groups is 1. The second-order valence-electron chi connectivity index (χ2n) is 8.06. The lowest BCUT2D eigenvalue weighted by atomic mass is 9.49. The van der Waals surface area contributed by atoms with E-state index < -0.39 is 0 Å². The number of rotatable bonds is 6. The van der Waals surface area contributed by atoms with Gasteiger partial charge in [0.1, 0.15) is 0 Å². The topological polar surface area (TPSA) is 29.1 Å². The molecule has 112 valence electrons. The fourth-order valence-corrected chi connectivity index (χ4v) is 6.54. The second kappa shape index (κ2) is 5.23. The Bertz CT molecular complexity index is 355. The van der Waals surface area contributed by atoms with E-state index in [1.807, 2.05) is 11.8 Å². The quantitative estimate of drug-likeness (QED) is 0.758. The van der Waals surface area contributed by atoms with Crippen molar-refractivity contribution in [2.24, 2.45) is 23.2 Å². The van der Waals surface area contributed by atoms with E-state index in [0.717, 1.165) is 17.8 Å². The summed E-state index contributed by atoms with van der Waals surface area (Å²) in [4.78, 5) is 11.7. The van der Waals surface area contributed by atoms with Gasteiger partial charge in [0.05, 0.1) is 5.75 Å². The highest BCUT2D eigenvalue weighted by Gasteiger charge is 2.50. The summed E-state index contributed by atoms with van der Waals surface area (Å²) in [5.74, 6) is 5.33. The third-order valence-corrected chi connectivity index (χ3v) is 7.08. The summed E-state index contributed by atoms with van der Waals surface area (Å²) in [6.07, 6.45) is 12.9. The first kappa shape index (κ1) is 13.5. The van der Waals surface area contributed by atoms with Crippen LogP contribution in [0.25, 0.3) is 0 Å². The molecule has 4 bridgehead atoms. The molecule has 20 heavy (non-hydrogen) atoms. The molecule has 5 fully saturated rings. The summed E-state index contributed by atoms with van der Waals surface area (Å²) in [6, 6.07) is 0.520. The van der Waals surface area contributed by atoms with E-state index in [1.165, 1.54) is 63.5 Å². The van der Waals surface area contributed by atoms with Crippen LogP contribution in [0.1, 0.15) is 57.8 Å². The van der Waals surface area contributed by atoms with Crippen molar-refractivity contribution in [1.82, 2.24) is 5.32 Å². The minimum absolute atomic E-state index is 0.267. The smallest absolute Gasteiger partial charge is 0.230 e. The van der Waals surface area contributed by atoms with Gasteiger partial charge in [0.25, 0.3) is 0 Å². The van der Waals surface area contributed by atoms with Crippen molar-refractivity contribution in [3.8, 4) is 0 Å². The maximum absolute atomic E-state index is 11.7. The van der Waals surface area contributed by atoms with Crippen LogP contribution in [0.5, 0.6) is 0 Å². The number of nitrogens with one attached hydrogen (secondary N) is 1. The minimum atomic E-state index is 0.267. The number of amides is 1. The zero-order chi connectivity index (χ0) is 13.6. The van der Waals surface area contributed by atoms with Crippen molar-refractivity contribution in [2.45, 2.75) is 63.8 Å². The summed E-state index contributed by atoms with van der Waals surface area (Å²) in [7, 11) is 0. The van der Waals surface area contributed by atoms with Crippen LogP contribution in [0, 0.1) is 23.2 Å². The van der Waals surface area contributed by atoms with E-state index in [0.29, 0.717) is 17.2 Å². The molecule has 5 saturated carbocycles. The molecule has 2 nitrogen and oxygen atoms in total. The van der Waals surface area contributed by atoms with Gasteiger partial charge in [-0.1, -0.05) is 0 Å². The number of hydrogen-bond acceptors (Lipinski definition) is 2. The van der Waals surface area contributed by atoms with Crippen LogP contribution in [0.2, 0.25) is 0 Å². The normalized spacial score (nSPS) is 41.9. The van der Waals surface area contributed by atoms with Gasteiger partial charge in [-0.25, -0.2) is 0 Å². The van der Waals surface area contributed by atoms with E-state index in [2.05, 4.69) is 5.32 Å². The van der Waals surface area contributed by atoms with Gasteiger partial charge in [-0.3, -0.25) is 4.79 Å². The molecule has 5 aliphatic carbocycles. The Morgan fingerprint density at radius 3 is 2.20 bits per heavy atom. The van der Waals surface area contributed by atoms with Gasteiger partial charge in [0, 0.05) is 6.04 Å². The monoisotopic (exact) mass is 293 g/mol. The zero-order valence-corrected chi connectivity index (χ0v) is 13.2. The minimum Gasteiger partial charge on any atom is -0.353 e. The van der Waals surface area contributed by atoms with Crippen molar-refractivity contribution in [1.29, 1.82) is 0 Å². The molecule has 0 aromatic rings. The predicted molar refractivity (Wildman–Crippen MR) is 83.7 cm³/mol. The Morgan fingerprint density at radius 2 is 1.65 bits per heavy atom. The summed E-state index contributed by atoms with van der Waals surface area (Å²) in [5.41, 5.74) is 0.689.